The zero-order valence-corrected chi connectivity index (χ0v) is 16.5. The monoisotopic (exact) mass is 367 g/mol. The van der Waals surface area contributed by atoms with Crippen LogP contribution in [0.1, 0.15) is 52.0 Å². The lowest BCUT2D eigenvalue weighted by Crippen LogP contribution is -2.37. The summed E-state index contributed by atoms with van der Waals surface area (Å²) >= 11 is 0. The Morgan fingerprint density at radius 3 is 2.44 bits per heavy atom. The van der Waals surface area contributed by atoms with Crippen molar-refractivity contribution in [2.75, 3.05) is 6.61 Å². The van der Waals surface area contributed by atoms with Gasteiger partial charge in [-0.25, -0.2) is 4.79 Å². The number of rotatable bonds is 4. The van der Waals surface area contributed by atoms with Gasteiger partial charge >= 0.3 is 6.09 Å². The molecule has 0 radical (unpaired) electrons. The highest BCUT2D eigenvalue weighted by atomic mass is 16.6. The molecule has 0 spiro atoms. The Morgan fingerprint density at radius 2 is 1.78 bits per heavy atom. The van der Waals surface area contributed by atoms with Crippen LogP contribution in [-0.4, -0.2) is 18.8 Å². The molecule has 1 aliphatic carbocycles. The Balaban J connectivity index is 1.47. The lowest BCUT2D eigenvalue weighted by Gasteiger charge is -2.31. The second kappa shape index (κ2) is 7.06. The third kappa shape index (κ3) is 3.76. The van der Waals surface area contributed by atoms with Gasteiger partial charge in [0.1, 0.15) is 12.4 Å². The van der Waals surface area contributed by atoms with Crippen molar-refractivity contribution in [3.63, 3.8) is 0 Å². The Bertz CT molecular complexity index is 839. The number of fused-ring (bicyclic) bond motifs is 1. The van der Waals surface area contributed by atoms with Gasteiger partial charge in [-0.2, -0.15) is 0 Å². The Labute approximate surface area is 161 Å². The number of nitrogens with one attached hydrogen (secondary N) is 1. The Hall–Kier alpha value is -2.23. The van der Waals surface area contributed by atoms with E-state index in [1.54, 1.807) is 0 Å². The van der Waals surface area contributed by atoms with Gasteiger partial charge in [0.05, 0.1) is 11.6 Å². The maximum absolute atomic E-state index is 11.4. The first-order valence-corrected chi connectivity index (χ1v) is 10.1. The Kier molecular flexibility index (Phi) is 4.75. The number of cyclic esters (lactones) is 1. The summed E-state index contributed by atoms with van der Waals surface area (Å²) in [5, 5.41) is 5.20. The fraction of sp³-hybridized carbons (Fsp3) is 0.522. The molecule has 1 N–H and O–H groups in total. The minimum Gasteiger partial charge on any atom is -0.490 e. The minimum absolute atomic E-state index is 0.335. The first kappa shape index (κ1) is 18.1. The number of hydrogen-bond acceptors (Lipinski definition) is 3. The van der Waals surface area contributed by atoms with E-state index in [1.165, 1.54) is 12.8 Å². The van der Waals surface area contributed by atoms with Crippen LogP contribution in [0, 0.1) is 11.8 Å². The second-order valence-electron chi connectivity index (χ2n) is 8.66. The highest BCUT2D eigenvalue weighted by Gasteiger charge is 2.36. The van der Waals surface area contributed by atoms with Crippen molar-refractivity contribution in [3.8, 4) is 5.75 Å². The average molecular weight is 367 g/mol. The molecule has 1 aliphatic heterocycles. The zero-order valence-electron chi connectivity index (χ0n) is 16.5. The smallest absolute Gasteiger partial charge is 0.408 e. The minimum atomic E-state index is -0.463. The van der Waals surface area contributed by atoms with Crippen molar-refractivity contribution in [2.24, 2.45) is 11.8 Å². The average Bonchev–Trinajstić information content (AvgIpc) is 3.02. The van der Waals surface area contributed by atoms with Gasteiger partial charge in [-0.3, -0.25) is 0 Å². The summed E-state index contributed by atoms with van der Waals surface area (Å²) in [5.41, 5.74) is 0.594. The number of carbonyl (C=O) groups is 1. The van der Waals surface area contributed by atoms with Crippen LogP contribution < -0.4 is 10.1 Å². The quantitative estimate of drug-likeness (QED) is 0.788. The molecule has 0 aromatic heterocycles. The van der Waals surface area contributed by atoms with E-state index in [1.807, 2.05) is 6.92 Å². The third-order valence-corrected chi connectivity index (χ3v) is 6.28. The zero-order chi connectivity index (χ0) is 19.0. The number of amides is 1. The fourth-order valence-corrected chi connectivity index (χ4v) is 4.37. The second-order valence-corrected chi connectivity index (χ2v) is 8.66. The molecule has 2 aromatic carbocycles. The van der Waals surface area contributed by atoms with E-state index in [9.17, 15) is 4.79 Å². The van der Waals surface area contributed by atoms with Crippen molar-refractivity contribution >= 4 is 16.9 Å². The number of alkyl carbamates (subject to hydrolysis) is 1. The SMILES string of the molecule is CC(C)C1CCC(Oc2ccc3cc([C@]4(C)COC(=O)N4)ccc3c2)CC1. The van der Waals surface area contributed by atoms with Crippen LogP contribution in [0.5, 0.6) is 5.75 Å². The van der Waals surface area contributed by atoms with Crippen molar-refractivity contribution < 1.29 is 14.3 Å². The van der Waals surface area contributed by atoms with Crippen LogP contribution in [0.15, 0.2) is 36.4 Å². The van der Waals surface area contributed by atoms with E-state index in [0.29, 0.717) is 12.7 Å². The molecule has 1 saturated heterocycles. The summed E-state index contributed by atoms with van der Waals surface area (Å²) in [5.74, 6) is 2.57. The molecule has 4 nitrogen and oxygen atoms in total. The lowest BCUT2D eigenvalue weighted by molar-refractivity contribution is 0.117. The van der Waals surface area contributed by atoms with E-state index in [2.05, 4.69) is 55.6 Å². The van der Waals surface area contributed by atoms with Gasteiger partial charge in [-0.05, 0) is 79.0 Å². The van der Waals surface area contributed by atoms with Gasteiger partial charge < -0.3 is 14.8 Å². The molecule has 2 fully saturated rings. The van der Waals surface area contributed by atoms with Crippen LogP contribution >= 0.6 is 0 Å². The van der Waals surface area contributed by atoms with Crippen molar-refractivity contribution in [1.82, 2.24) is 5.32 Å². The molecule has 144 valence electrons. The van der Waals surface area contributed by atoms with E-state index in [-0.39, 0.29) is 6.09 Å². The largest absolute Gasteiger partial charge is 0.490 e. The summed E-state index contributed by atoms with van der Waals surface area (Å²) < 4.78 is 11.4. The molecule has 4 heteroatoms. The van der Waals surface area contributed by atoms with E-state index in [0.717, 1.165) is 46.8 Å². The number of ether oxygens (including phenoxy) is 2. The molecule has 2 aliphatic rings. The fourth-order valence-electron chi connectivity index (χ4n) is 4.37. The summed E-state index contributed by atoms with van der Waals surface area (Å²) in [6.07, 6.45) is 4.82. The van der Waals surface area contributed by atoms with Crippen LogP contribution in [0.3, 0.4) is 0 Å². The predicted molar refractivity (Wildman–Crippen MR) is 107 cm³/mol. The van der Waals surface area contributed by atoms with Gasteiger partial charge in [0.25, 0.3) is 0 Å². The maximum Gasteiger partial charge on any atom is 0.408 e. The molecule has 1 atom stereocenters. The number of benzene rings is 2. The predicted octanol–water partition coefficient (Wildman–Crippen LogP) is 5.39. The van der Waals surface area contributed by atoms with E-state index in [4.69, 9.17) is 9.47 Å². The number of hydrogen-bond donors (Lipinski definition) is 1. The van der Waals surface area contributed by atoms with E-state index < -0.39 is 5.54 Å². The molecule has 0 unspecified atom stereocenters. The molecular formula is C23H29NO3. The van der Waals surface area contributed by atoms with Gasteiger partial charge in [0.2, 0.25) is 0 Å². The van der Waals surface area contributed by atoms with Gasteiger partial charge in [-0.15, -0.1) is 0 Å². The van der Waals surface area contributed by atoms with Gasteiger partial charge in [-0.1, -0.05) is 32.0 Å². The van der Waals surface area contributed by atoms with Crippen LogP contribution in [-0.2, 0) is 10.3 Å². The molecular weight excluding hydrogens is 338 g/mol. The highest BCUT2D eigenvalue weighted by Crippen LogP contribution is 2.33. The first-order valence-electron chi connectivity index (χ1n) is 10.1. The summed E-state index contributed by atoms with van der Waals surface area (Å²) in [6.45, 7) is 7.00. The van der Waals surface area contributed by atoms with Gasteiger partial charge in [0, 0.05) is 0 Å². The Morgan fingerprint density at radius 1 is 1.07 bits per heavy atom. The van der Waals surface area contributed by atoms with Crippen molar-refractivity contribution in [3.05, 3.63) is 42.0 Å². The summed E-state index contributed by atoms with van der Waals surface area (Å²) in [6, 6.07) is 12.6. The first-order chi connectivity index (χ1) is 12.9. The third-order valence-electron chi connectivity index (χ3n) is 6.28. The maximum atomic E-state index is 11.4. The van der Waals surface area contributed by atoms with Crippen LogP contribution in [0.25, 0.3) is 10.8 Å². The van der Waals surface area contributed by atoms with Gasteiger partial charge in [0.15, 0.2) is 0 Å². The summed E-state index contributed by atoms with van der Waals surface area (Å²) in [7, 11) is 0. The normalized spacial score (nSPS) is 28.2. The molecule has 1 saturated carbocycles. The topological polar surface area (TPSA) is 47.6 Å². The van der Waals surface area contributed by atoms with E-state index >= 15 is 0 Å². The summed E-state index contributed by atoms with van der Waals surface area (Å²) in [4.78, 5) is 11.4. The number of carbonyl (C=O) groups excluding carboxylic acids is 1. The molecule has 1 heterocycles. The molecule has 1 amide bonds. The standard InChI is InChI=1S/C23H29NO3/c1-15(2)16-5-9-20(10-6-16)27-21-11-7-17-12-19(8-4-18(17)13-21)23(3)14-26-22(25)24-23/h4,7-8,11-13,15-16,20H,5-6,9-10,14H2,1-3H3,(H,24,25)/t16?,20?,23-/m0/s1. The molecule has 0 bridgehead atoms. The lowest BCUT2D eigenvalue weighted by atomic mass is 9.80. The highest BCUT2D eigenvalue weighted by molar-refractivity contribution is 5.85. The molecule has 2 aromatic rings. The van der Waals surface area contributed by atoms with Crippen LogP contribution in [0.2, 0.25) is 0 Å². The molecule has 4 rings (SSSR count). The van der Waals surface area contributed by atoms with Crippen LogP contribution in [0.4, 0.5) is 4.79 Å². The molecule has 27 heavy (non-hydrogen) atoms. The van der Waals surface area contributed by atoms with Crippen molar-refractivity contribution in [2.45, 2.75) is 58.1 Å². The van der Waals surface area contributed by atoms with Crippen molar-refractivity contribution in [1.29, 1.82) is 0 Å².